The molecule has 8 nitrogen and oxygen atoms in total. The van der Waals surface area contributed by atoms with Crippen molar-refractivity contribution in [3.05, 3.63) is 59.4 Å². The molecule has 1 aromatic carbocycles. The van der Waals surface area contributed by atoms with Crippen LogP contribution in [-0.4, -0.2) is 70.5 Å². The van der Waals surface area contributed by atoms with Crippen LogP contribution in [0.1, 0.15) is 38.1 Å². The fraction of sp³-hybridized carbons (Fsp3) is 0.300. The van der Waals surface area contributed by atoms with Crippen LogP contribution in [0.4, 0.5) is 0 Å². The predicted molar refractivity (Wildman–Crippen MR) is 101 cm³/mol. The van der Waals surface area contributed by atoms with Crippen LogP contribution in [0.25, 0.3) is 0 Å². The summed E-state index contributed by atoms with van der Waals surface area (Å²) in [6.07, 6.45) is 1.27. The van der Waals surface area contributed by atoms with Crippen molar-refractivity contribution in [3.63, 3.8) is 0 Å². The summed E-state index contributed by atoms with van der Waals surface area (Å²) in [5.74, 6) is -0.938. The molecule has 146 valence electrons. The van der Waals surface area contributed by atoms with Crippen LogP contribution in [0, 0.1) is 0 Å². The number of aromatic carboxylic acids is 1. The number of amides is 2. The molecule has 0 aliphatic carbocycles. The lowest BCUT2D eigenvalue weighted by Gasteiger charge is -2.35. The highest BCUT2D eigenvalue weighted by atomic mass is 16.5. The van der Waals surface area contributed by atoms with Gasteiger partial charge in [-0.3, -0.25) is 9.59 Å². The summed E-state index contributed by atoms with van der Waals surface area (Å²) in [6.45, 7) is 3.94. The minimum Gasteiger partial charge on any atom is -0.493 e. The fourth-order valence-electron chi connectivity index (χ4n) is 3.04. The van der Waals surface area contributed by atoms with Gasteiger partial charge in [-0.25, -0.2) is 9.78 Å². The zero-order valence-corrected chi connectivity index (χ0v) is 15.5. The van der Waals surface area contributed by atoms with Gasteiger partial charge in [-0.1, -0.05) is 12.1 Å². The van der Waals surface area contributed by atoms with E-state index in [4.69, 9.17) is 9.84 Å². The number of ether oxygens (including phenoxy) is 1. The van der Waals surface area contributed by atoms with Crippen molar-refractivity contribution in [2.75, 3.05) is 32.8 Å². The van der Waals surface area contributed by atoms with Gasteiger partial charge in [0.2, 0.25) is 0 Å². The summed E-state index contributed by atoms with van der Waals surface area (Å²) in [5, 5.41) is 8.89. The molecule has 2 aromatic rings. The number of carbonyl (C=O) groups is 3. The molecule has 28 heavy (non-hydrogen) atoms. The summed E-state index contributed by atoms with van der Waals surface area (Å²) in [7, 11) is 0. The number of hydrogen-bond donors (Lipinski definition) is 1. The smallest absolute Gasteiger partial charge is 0.354 e. The van der Waals surface area contributed by atoms with Gasteiger partial charge in [0.25, 0.3) is 11.8 Å². The Morgan fingerprint density at radius 3 is 2.21 bits per heavy atom. The fourth-order valence-corrected chi connectivity index (χ4v) is 3.04. The number of benzene rings is 1. The average Bonchev–Trinajstić information content (AvgIpc) is 2.73. The van der Waals surface area contributed by atoms with E-state index in [1.54, 1.807) is 28.0 Å². The maximum absolute atomic E-state index is 12.8. The molecule has 8 heteroatoms. The molecule has 2 heterocycles. The summed E-state index contributed by atoms with van der Waals surface area (Å²) >= 11 is 0. The number of carbonyl (C=O) groups excluding carboxylic acids is 2. The highest BCUT2D eigenvalue weighted by molar-refractivity contribution is 5.98. The molecule has 1 N–H and O–H groups in total. The van der Waals surface area contributed by atoms with Gasteiger partial charge in [0.15, 0.2) is 0 Å². The van der Waals surface area contributed by atoms with Crippen LogP contribution >= 0.6 is 0 Å². The molecular weight excluding hydrogens is 362 g/mol. The maximum atomic E-state index is 12.8. The van der Waals surface area contributed by atoms with Crippen LogP contribution in [0.15, 0.2) is 42.6 Å². The van der Waals surface area contributed by atoms with Crippen molar-refractivity contribution < 1.29 is 24.2 Å². The van der Waals surface area contributed by atoms with Gasteiger partial charge >= 0.3 is 5.97 Å². The van der Waals surface area contributed by atoms with Crippen molar-refractivity contribution in [2.45, 2.75) is 6.92 Å². The summed E-state index contributed by atoms with van der Waals surface area (Å²) < 4.78 is 5.53. The number of carboxylic acid groups (broad SMARTS) is 1. The first-order valence-corrected chi connectivity index (χ1v) is 9.01. The first-order chi connectivity index (χ1) is 13.5. The van der Waals surface area contributed by atoms with E-state index in [0.29, 0.717) is 49.7 Å². The SMILES string of the molecule is CCOc1ccccc1C(=O)N1CCN(C(=O)c2ccc(C(=O)O)nc2)CC1. The van der Waals surface area contributed by atoms with Crippen molar-refractivity contribution >= 4 is 17.8 Å². The van der Waals surface area contributed by atoms with Crippen LogP contribution in [0.5, 0.6) is 5.75 Å². The number of nitrogens with zero attached hydrogens (tertiary/aromatic N) is 3. The molecule has 1 aliphatic heterocycles. The second kappa shape index (κ2) is 8.51. The average molecular weight is 383 g/mol. The molecule has 0 unspecified atom stereocenters. The first-order valence-electron chi connectivity index (χ1n) is 9.01. The standard InChI is InChI=1S/C20H21N3O5/c1-2-28-17-6-4-3-5-15(17)19(25)23-11-9-22(10-12-23)18(24)14-7-8-16(20(26)27)21-13-14/h3-8,13H,2,9-12H2,1H3,(H,26,27). The summed E-state index contributed by atoms with van der Waals surface area (Å²) in [6, 6.07) is 9.88. The van der Waals surface area contributed by atoms with Crippen molar-refractivity contribution in [3.8, 4) is 5.75 Å². The number of aromatic nitrogens is 1. The van der Waals surface area contributed by atoms with Gasteiger partial charge in [-0.2, -0.15) is 0 Å². The minimum atomic E-state index is -1.14. The first kappa shape index (κ1) is 19.3. The second-order valence-electron chi connectivity index (χ2n) is 6.25. The van der Waals surface area contributed by atoms with Crippen molar-refractivity contribution in [1.82, 2.24) is 14.8 Å². The summed E-state index contributed by atoms with van der Waals surface area (Å²) in [5.41, 5.74) is 0.726. The highest BCUT2D eigenvalue weighted by Gasteiger charge is 2.27. The number of carboxylic acids is 1. The third-order valence-electron chi connectivity index (χ3n) is 4.50. The lowest BCUT2D eigenvalue weighted by atomic mass is 10.1. The lowest BCUT2D eigenvalue weighted by Crippen LogP contribution is -2.50. The topological polar surface area (TPSA) is 100 Å². The number of pyridine rings is 1. The normalized spacial score (nSPS) is 13.9. The van der Waals surface area contributed by atoms with Crippen molar-refractivity contribution in [2.24, 2.45) is 0 Å². The zero-order chi connectivity index (χ0) is 20.1. The van der Waals surface area contributed by atoms with E-state index in [-0.39, 0.29) is 17.5 Å². The molecule has 1 fully saturated rings. The largest absolute Gasteiger partial charge is 0.493 e. The van der Waals surface area contributed by atoms with Crippen LogP contribution in [-0.2, 0) is 0 Å². The molecule has 1 aromatic heterocycles. The molecule has 0 saturated carbocycles. The number of piperazine rings is 1. The van der Waals surface area contributed by atoms with Crippen LogP contribution < -0.4 is 4.74 Å². The Labute approximate surface area is 162 Å². The Hall–Kier alpha value is -3.42. The molecule has 3 rings (SSSR count). The van der Waals surface area contributed by atoms with Gasteiger partial charge in [0.1, 0.15) is 11.4 Å². The van der Waals surface area contributed by atoms with Gasteiger partial charge in [0, 0.05) is 32.4 Å². The Bertz CT molecular complexity index is 874. The molecule has 1 aliphatic rings. The van der Waals surface area contributed by atoms with E-state index >= 15 is 0 Å². The van der Waals surface area contributed by atoms with E-state index in [0.717, 1.165) is 0 Å². The Morgan fingerprint density at radius 2 is 1.64 bits per heavy atom. The van der Waals surface area contributed by atoms with E-state index in [1.165, 1.54) is 18.3 Å². The molecule has 0 radical (unpaired) electrons. The Balaban J connectivity index is 1.63. The van der Waals surface area contributed by atoms with Crippen molar-refractivity contribution in [1.29, 1.82) is 0 Å². The summed E-state index contributed by atoms with van der Waals surface area (Å²) in [4.78, 5) is 43.4. The molecule has 0 bridgehead atoms. The third-order valence-corrected chi connectivity index (χ3v) is 4.50. The minimum absolute atomic E-state index is 0.111. The molecule has 2 amide bonds. The quantitative estimate of drug-likeness (QED) is 0.845. The molecule has 1 saturated heterocycles. The Kier molecular flexibility index (Phi) is 5.88. The monoisotopic (exact) mass is 383 g/mol. The second-order valence-corrected chi connectivity index (χ2v) is 6.25. The molecule has 0 atom stereocenters. The number of para-hydroxylation sites is 1. The highest BCUT2D eigenvalue weighted by Crippen LogP contribution is 2.21. The zero-order valence-electron chi connectivity index (χ0n) is 15.5. The van der Waals surface area contributed by atoms with Crippen LogP contribution in [0.2, 0.25) is 0 Å². The Morgan fingerprint density at radius 1 is 1.00 bits per heavy atom. The van der Waals surface area contributed by atoms with E-state index in [2.05, 4.69) is 4.98 Å². The van der Waals surface area contributed by atoms with Gasteiger partial charge in [-0.15, -0.1) is 0 Å². The number of rotatable bonds is 5. The van der Waals surface area contributed by atoms with Gasteiger partial charge < -0.3 is 19.6 Å². The van der Waals surface area contributed by atoms with E-state index < -0.39 is 5.97 Å². The van der Waals surface area contributed by atoms with Crippen LogP contribution in [0.3, 0.4) is 0 Å². The van der Waals surface area contributed by atoms with E-state index in [9.17, 15) is 14.4 Å². The third kappa shape index (κ3) is 4.11. The van der Waals surface area contributed by atoms with E-state index in [1.807, 2.05) is 13.0 Å². The predicted octanol–water partition coefficient (Wildman–Crippen LogP) is 1.78. The molecule has 0 spiro atoms. The molecular formula is C20H21N3O5. The maximum Gasteiger partial charge on any atom is 0.354 e. The lowest BCUT2D eigenvalue weighted by molar-refractivity contribution is 0.0533. The van der Waals surface area contributed by atoms with Gasteiger partial charge in [0.05, 0.1) is 17.7 Å². The van der Waals surface area contributed by atoms with Gasteiger partial charge in [-0.05, 0) is 31.2 Å². The number of hydrogen-bond acceptors (Lipinski definition) is 5.